The Bertz CT molecular complexity index is 679. The Morgan fingerprint density at radius 1 is 1.39 bits per heavy atom. The molecule has 1 aromatic carbocycles. The monoisotopic (exact) mass is 339 g/mol. The van der Waals surface area contributed by atoms with E-state index in [4.69, 9.17) is 16.3 Å². The highest BCUT2D eigenvalue weighted by Crippen LogP contribution is 2.27. The average molecular weight is 340 g/mol. The van der Waals surface area contributed by atoms with Crippen LogP contribution in [0.15, 0.2) is 54.0 Å². The zero-order valence-electron chi connectivity index (χ0n) is 12.2. The van der Waals surface area contributed by atoms with E-state index >= 15 is 0 Å². The molecule has 0 saturated carbocycles. The predicted octanol–water partition coefficient (Wildman–Crippen LogP) is 4.00. The van der Waals surface area contributed by atoms with Crippen molar-refractivity contribution in [2.24, 2.45) is 0 Å². The summed E-state index contributed by atoms with van der Waals surface area (Å²) in [4.78, 5) is 10.4. The molecule has 5 nitrogen and oxygen atoms in total. The standard InChI is InChI=1S/C16H15ClFNO4/c1-10-2-4-14(20)9-13(19(21)22)3-5-16(10)23-15-7-11(17)6-12(18)8-15/h3,5-8,14,20H,1-2,4,9H2/b13-3+,16-5+. The number of hydrogen-bond acceptors (Lipinski definition) is 4. The molecule has 1 aromatic rings. The fourth-order valence-corrected chi connectivity index (χ4v) is 2.33. The fraction of sp³-hybridized carbons (Fsp3) is 0.250. The summed E-state index contributed by atoms with van der Waals surface area (Å²) >= 11 is 5.78. The van der Waals surface area contributed by atoms with E-state index in [1.165, 1.54) is 18.2 Å². The highest BCUT2D eigenvalue weighted by molar-refractivity contribution is 6.30. The number of benzene rings is 1. The first-order valence-electron chi connectivity index (χ1n) is 6.90. The molecule has 0 bridgehead atoms. The van der Waals surface area contributed by atoms with Crippen LogP contribution in [0.1, 0.15) is 19.3 Å². The molecule has 0 aromatic heterocycles. The SMILES string of the molecule is C=C1CCC(O)C/C([N+](=O)[O-])=C\C=C/1Oc1cc(F)cc(Cl)c1. The van der Waals surface area contributed by atoms with Crippen molar-refractivity contribution in [3.63, 3.8) is 0 Å². The Balaban J connectivity index is 2.32. The third-order valence-electron chi connectivity index (χ3n) is 3.30. The van der Waals surface area contributed by atoms with Gasteiger partial charge in [0.1, 0.15) is 17.3 Å². The number of rotatable bonds is 3. The molecule has 0 radical (unpaired) electrons. The second kappa shape index (κ2) is 7.39. The summed E-state index contributed by atoms with van der Waals surface area (Å²) in [6, 6.07) is 3.72. The molecule has 2 rings (SSSR count). The molecule has 0 heterocycles. The zero-order chi connectivity index (χ0) is 17.0. The molecule has 0 amide bonds. The molecule has 0 aliphatic heterocycles. The maximum Gasteiger partial charge on any atom is 0.248 e. The maximum atomic E-state index is 13.4. The molecular formula is C16H15ClFNO4. The van der Waals surface area contributed by atoms with Crippen molar-refractivity contribution in [1.29, 1.82) is 0 Å². The molecule has 1 atom stereocenters. The van der Waals surface area contributed by atoms with Crippen molar-refractivity contribution in [2.75, 3.05) is 0 Å². The highest BCUT2D eigenvalue weighted by atomic mass is 35.5. The lowest BCUT2D eigenvalue weighted by atomic mass is 10.1. The lowest BCUT2D eigenvalue weighted by Gasteiger charge is -2.13. The van der Waals surface area contributed by atoms with Crippen LogP contribution in [0.3, 0.4) is 0 Å². The normalized spacial score (nSPS) is 23.6. The Morgan fingerprint density at radius 3 is 2.78 bits per heavy atom. The number of aliphatic hydroxyl groups excluding tert-OH is 1. The van der Waals surface area contributed by atoms with Gasteiger partial charge in [0.25, 0.3) is 0 Å². The summed E-state index contributed by atoms with van der Waals surface area (Å²) in [5, 5.41) is 21.0. The van der Waals surface area contributed by atoms with Crippen LogP contribution >= 0.6 is 11.6 Å². The lowest BCUT2D eigenvalue weighted by molar-refractivity contribution is -0.429. The van der Waals surface area contributed by atoms with Crippen LogP contribution in [0.5, 0.6) is 5.75 Å². The van der Waals surface area contributed by atoms with Crippen molar-refractivity contribution >= 4 is 11.6 Å². The van der Waals surface area contributed by atoms with Gasteiger partial charge >= 0.3 is 0 Å². The van der Waals surface area contributed by atoms with Crippen LogP contribution in [0.2, 0.25) is 5.02 Å². The second-order valence-corrected chi connectivity index (χ2v) is 5.59. The first kappa shape index (κ1) is 17.2. The summed E-state index contributed by atoms with van der Waals surface area (Å²) in [7, 11) is 0. The van der Waals surface area contributed by atoms with E-state index in [2.05, 4.69) is 6.58 Å². The lowest BCUT2D eigenvalue weighted by Crippen LogP contribution is -2.11. The largest absolute Gasteiger partial charge is 0.457 e. The molecule has 1 aliphatic carbocycles. The summed E-state index contributed by atoms with van der Waals surface area (Å²) < 4.78 is 18.9. The summed E-state index contributed by atoms with van der Waals surface area (Å²) in [5.74, 6) is -0.128. The van der Waals surface area contributed by atoms with Crippen molar-refractivity contribution in [2.45, 2.75) is 25.4 Å². The van der Waals surface area contributed by atoms with Gasteiger partial charge in [0, 0.05) is 17.2 Å². The zero-order valence-corrected chi connectivity index (χ0v) is 12.9. The van der Waals surface area contributed by atoms with Crippen LogP contribution in [-0.4, -0.2) is 16.1 Å². The summed E-state index contributed by atoms with van der Waals surface area (Å²) in [6.07, 6.45) is 2.48. The van der Waals surface area contributed by atoms with E-state index in [-0.39, 0.29) is 28.6 Å². The van der Waals surface area contributed by atoms with Crippen molar-refractivity contribution in [1.82, 2.24) is 0 Å². The van der Waals surface area contributed by atoms with Gasteiger partial charge in [-0.1, -0.05) is 18.2 Å². The number of allylic oxidation sites excluding steroid dienone is 3. The fourth-order valence-electron chi connectivity index (χ4n) is 2.12. The topological polar surface area (TPSA) is 72.6 Å². The predicted molar refractivity (Wildman–Crippen MR) is 84.2 cm³/mol. The molecule has 7 heteroatoms. The van der Waals surface area contributed by atoms with Crippen LogP contribution in [0, 0.1) is 15.9 Å². The second-order valence-electron chi connectivity index (χ2n) is 5.15. The molecule has 0 spiro atoms. The van der Waals surface area contributed by atoms with Gasteiger partial charge in [-0.05, 0) is 36.6 Å². The molecule has 1 unspecified atom stereocenters. The van der Waals surface area contributed by atoms with Gasteiger partial charge in [-0.2, -0.15) is 0 Å². The van der Waals surface area contributed by atoms with Crippen molar-refractivity contribution < 1.29 is 19.2 Å². The van der Waals surface area contributed by atoms with Gasteiger partial charge in [0.2, 0.25) is 5.70 Å². The highest BCUT2D eigenvalue weighted by Gasteiger charge is 2.20. The van der Waals surface area contributed by atoms with Crippen molar-refractivity contribution in [3.8, 4) is 5.75 Å². The number of nitro groups is 1. The first-order valence-corrected chi connectivity index (χ1v) is 7.28. The van der Waals surface area contributed by atoms with E-state index in [0.29, 0.717) is 18.4 Å². The third-order valence-corrected chi connectivity index (χ3v) is 3.52. The number of hydrogen-bond donors (Lipinski definition) is 1. The summed E-state index contributed by atoms with van der Waals surface area (Å²) in [6.45, 7) is 3.85. The Hall–Kier alpha value is -2.18. The van der Waals surface area contributed by atoms with E-state index in [1.807, 2.05) is 0 Å². The molecule has 1 N–H and O–H groups in total. The van der Waals surface area contributed by atoms with Gasteiger partial charge in [-0.25, -0.2) is 4.39 Å². The molecule has 23 heavy (non-hydrogen) atoms. The van der Waals surface area contributed by atoms with E-state index in [1.54, 1.807) is 0 Å². The van der Waals surface area contributed by atoms with Gasteiger partial charge < -0.3 is 9.84 Å². The van der Waals surface area contributed by atoms with E-state index in [9.17, 15) is 19.6 Å². The van der Waals surface area contributed by atoms with Crippen LogP contribution in [0.4, 0.5) is 4.39 Å². The quantitative estimate of drug-likeness (QED) is 0.667. The Labute approximate surface area is 137 Å². The van der Waals surface area contributed by atoms with Gasteiger partial charge in [0.05, 0.1) is 17.4 Å². The average Bonchev–Trinajstić information content (AvgIpc) is 2.51. The van der Waals surface area contributed by atoms with E-state index < -0.39 is 16.8 Å². The molecule has 1 aliphatic rings. The number of nitrogens with zero attached hydrogens (tertiary/aromatic N) is 1. The Morgan fingerprint density at radius 2 is 2.13 bits per heavy atom. The van der Waals surface area contributed by atoms with Crippen LogP contribution in [-0.2, 0) is 0 Å². The molecular weight excluding hydrogens is 325 g/mol. The Kier molecular flexibility index (Phi) is 5.52. The minimum atomic E-state index is -0.834. The van der Waals surface area contributed by atoms with Crippen LogP contribution < -0.4 is 4.74 Å². The summed E-state index contributed by atoms with van der Waals surface area (Å²) in [5.41, 5.74) is 0.413. The molecule has 0 fully saturated rings. The molecule has 0 saturated heterocycles. The third kappa shape index (κ3) is 4.91. The number of aliphatic hydroxyl groups is 1. The van der Waals surface area contributed by atoms with Gasteiger partial charge in [0.15, 0.2) is 0 Å². The van der Waals surface area contributed by atoms with Gasteiger partial charge in [-0.3, -0.25) is 10.1 Å². The first-order chi connectivity index (χ1) is 10.8. The van der Waals surface area contributed by atoms with Crippen LogP contribution in [0.25, 0.3) is 0 Å². The molecule has 122 valence electrons. The maximum absolute atomic E-state index is 13.4. The minimum Gasteiger partial charge on any atom is -0.457 e. The van der Waals surface area contributed by atoms with Crippen molar-refractivity contribution in [3.05, 3.63) is 74.9 Å². The number of halogens is 2. The van der Waals surface area contributed by atoms with Gasteiger partial charge in [-0.15, -0.1) is 0 Å². The number of ether oxygens (including phenoxy) is 1. The van der Waals surface area contributed by atoms with E-state index in [0.717, 1.165) is 12.1 Å². The minimum absolute atomic E-state index is 0.0597. The smallest absolute Gasteiger partial charge is 0.248 e.